The third-order valence-corrected chi connectivity index (χ3v) is 2.82. The Bertz CT molecular complexity index is 474. The lowest BCUT2D eigenvalue weighted by Crippen LogP contribution is -2.38. The van der Waals surface area contributed by atoms with Crippen molar-refractivity contribution in [2.24, 2.45) is 0 Å². The Balaban J connectivity index is 2.79. The van der Waals surface area contributed by atoms with E-state index < -0.39 is 11.0 Å². The summed E-state index contributed by atoms with van der Waals surface area (Å²) in [5, 5.41) is 16.6. The van der Waals surface area contributed by atoms with E-state index in [1.165, 1.54) is 6.07 Å². The second kappa shape index (κ2) is 6.72. The molecule has 0 heterocycles. The molecule has 0 spiro atoms. The summed E-state index contributed by atoms with van der Waals surface area (Å²) in [5.41, 5.74) is 1.18. The topological polar surface area (TPSA) is 84.3 Å². The number of rotatable bonds is 6. The molecule has 1 unspecified atom stereocenters. The maximum Gasteiger partial charge on any atom is 0.274 e. The van der Waals surface area contributed by atoms with Crippen LogP contribution in [0.4, 0.5) is 11.4 Å². The van der Waals surface area contributed by atoms with Crippen LogP contribution in [0, 0.1) is 17.0 Å². The fourth-order valence-electron chi connectivity index (χ4n) is 1.68. The van der Waals surface area contributed by atoms with Gasteiger partial charge in [0, 0.05) is 23.9 Å². The molecule has 0 bridgehead atoms. The molecule has 0 saturated heterocycles. The molecule has 104 valence electrons. The summed E-state index contributed by atoms with van der Waals surface area (Å²) >= 11 is 0. The average Bonchev–Trinajstić information content (AvgIpc) is 2.37. The van der Waals surface area contributed by atoms with Crippen molar-refractivity contribution in [3.05, 3.63) is 33.9 Å². The van der Waals surface area contributed by atoms with E-state index in [0.717, 1.165) is 6.42 Å². The Kier molecular flexibility index (Phi) is 5.29. The van der Waals surface area contributed by atoms with Crippen LogP contribution >= 0.6 is 0 Å². The lowest BCUT2D eigenvalue weighted by molar-refractivity contribution is -0.385. The number of nitro benzene ring substituents is 1. The van der Waals surface area contributed by atoms with Crippen LogP contribution in [0.5, 0.6) is 0 Å². The van der Waals surface area contributed by atoms with Gasteiger partial charge in [-0.25, -0.2) is 0 Å². The molecule has 0 saturated carbocycles. The van der Waals surface area contributed by atoms with Gasteiger partial charge in [-0.3, -0.25) is 14.9 Å². The van der Waals surface area contributed by atoms with Crippen LogP contribution in [0.1, 0.15) is 25.8 Å². The Hall–Kier alpha value is -2.11. The zero-order valence-electron chi connectivity index (χ0n) is 11.4. The number of hydrogen-bond acceptors (Lipinski definition) is 4. The van der Waals surface area contributed by atoms with E-state index in [4.69, 9.17) is 0 Å². The molecule has 19 heavy (non-hydrogen) atoms. The highest BCUT2D eigenvalue weighted by Crippen LogP contribution is 2.25. The van der Waals surface area contributed by atoms with Gasteiger partial charge in [0.25, 0.3) is 5.69 Å². The summed E-state index contributed by atoms with van der Waals surface area (Å²) in [5.74, 6) is -0.118. The Morgan fingerprint density at radius 2 is 2.16 bits per heavy atom. The highest BCUT2D eigenvalue weighted by Gasteiger charge is 2.17. The molecule has 1 amide bonds. The van der Waals surface area contributed by atoms with Gasteiger partial charge in [0.05, 0.1) is 4.92 Å². The van der Waals surface area contributed by atoms with Crippen LogP contribution in [0.3, 0.4) is 0 Å². The lowest BCUT2D eigenvalue weighted by Gasteiger charge is -2.16. The summed E-state index contributed by atoms with van der Waals surface area (Å²) in [6, 6.07) is 4.34. The first-order valence-electron chi connectivity index (χ1n) is 6.25. The van der Waals surface area contributed by atoms with E-state index in [1.54, 1.807) is 26.0 Å². The van der Waals surface area contributed by atoms with E-state index >= 15 is 0 Å². The summed E-state index contributed by atoms with van der Waals surface area (Å²) in [6.07, 6.45) is 0.869. The summed E-state index contributed by atoms with van der Waals surface area (Å²) < 4.78 is 0. The van der Waals surface area contributed by atoms with E-state index in [2.05, 4.69) is 10.6 Å². The fourth-order valence-corrected chi connectivity index (χ4v) is 1.68. The molecule has 0 fully saturated rings. The van der Waals surface area contributed by atoms with E-state index in [-0.39, 0.29) is 11.6 Å². The van der Waals surface area contributed by atoms with Crippen LogP contribution in [-0.4, -0.2) is 23.4 Å². The van der Waals surface area contributed by atoms with Gasteiger partial charge in [-0.05, 0) is 26.3 Å². The van der Waals surface area contributed by atoms with Gasteiger partial charge >= 0.3 is 0 Å². The van der Waals surface area contributed by atoms with Crippen LogP contribution in [0.15, 0.2) is 18.2 Å². The summed E-state index contributed by atoms with van der Waals surface area (Å²) in [4.78, 5) is 22.1. The minimum atomic E-state index is -0.438. The standard InChI is InChI=1S/C13H19N3O3/c1-4-8-14-13(17)10(3)15-11-6-5-7-12(9(11)2)16(18)19/h5-7,10,15H,4,8H2,1-3H3,(H,14,17). The third-order valence-electron chi connectivity index (χ3n) is 2.82. The number of carbonyl (C=O) groups excluding carboxylic acids is 1. The van der Waals surface area contributed by atoms with Gasteiger partial charge in [0.1, 0.15) is 6.04 Å². The van der Waals surface area contributed by atoms with Gasteiger partial charge in [-0.2, -0.15) is 0 Å². The first kappa shape index (κ1) is 14.9. The minimum Gasteiger partial charge on any atom is -0.373 e. The quantitative estimate of drug-likeness (QED) is 0.610. The largest absolute Gasteiger partial charge is 0.373 e. The van der Waals surface area contributed by atoms with Crippen molar-refractivity contribution < 1.29 is 9.72 Å². The second-order valence-electron chi connectivity index (χ2n) is 4.36. The molecule has 1 atom stereocenters. The predicted octanol–water partition coefficient (Wildman–Crippen LogP) is 2.23. The number of benzene rings is 1. The molecule has 2 N–H and O–H groups in total. The molecule has 6 heteroatoms. The minimum absolute atomic E-state index is 0.0474. The monoisotopic (exact) mass is 265 g/mol. The predicted molar refractivity (Wildman–Crippen MR) is 74.2 cm³/mol. The second-order valence-corrected chi connectivity index (χ2v) is 4.36. The molecule has 6 nitrogen and oxygen atoms in total. The van der Waals surface area contributed by atoms with Gasteiger partial charge in [0.15, 0.2) is 0 Å². The number of amides is 1. The van der Waals surface area contributed by atoms with Crippen LogP contribution in [0.25, 0.3) is 0 Å². The molecule has 0 aliphatic rings. The molecule has 0 radical (unpaired) electrons. The highest BCUT2D eigenvalue weighted by molar-refractivity contribution is 5.84. The molecule has 0 aromatic heterocycles. The first-order chi connectivity index (χ1) is 8.97. The van der Waals surface area contributed by atoms with Crippen molar-refractivity contribution in [2.45, 2.75) is 33.2 Å². The SMILES string of the molecule is CCCNC(=O)C(C)Nc1cccc([N+](=O)[O-])c1C. The van der Waals surface area contributed by atoms with Crippen molar-refractivity contribution in [1.29, 1.82) is 0 Å². The van der Waals surface area contributed by atoms with E-state index in [9.17, 15) is 14.9 Å². The smallest absolute Gasteiger partial charge is 0.274 e. The Labute approximate surface area is 112 Å². The molecule has 1 rings (SSSR count). The molecular weight excluding hydrogens is 246 g/mol. The molecular formula is C13H19N3O3. The van der Waals surface area contributed by atoms with E-state index in [0.29, 0.717) is 17.8 Å². The average molecular weight is 265 g/mol. The zero-order chi connectivity index (χ0) is 14.4. The maximum atomic E-state index is 11.7. The van der Waals surface area contributed by atoms with Gasteiger partial charge in [-0.1, -0.05) is 13.0 Å². The molecule has 0 aliphatic carbocycles. The fraction of sp³-hybridized carbons (Fsp3) is 0.462. The lowest BCUT2D eigenvalue weighted by atomic mass is 10.1. The van der Waals surface area contributed by atoms with Crippen molar-refractivity contribution in [1.82, 2.24) is 5.32 Å². The van der Waals surface area contributed by atoms with Crippen molar-refractivity contribution in [2.75, 3.05) is 11.9 Å². The summed E-state index contributed by atoms with van der Waals surface area (Å²) in [6.45, 7) is 5.99. The normalized spacial score (nSPS) is 11.7. The molecule has 0 aliphatic heterocycles. The van der Waals surface area contributed by atoms with Crippen molar-refractivity contribution in [3.63, 3.8) is 0 Å². The maximum absolute atomic E-state index is 11.7. The molecule has 1 aromatic rings. The molecule has 1 aromatic carbocycles. The van der Waals surface area contributed by atoms with Gasteiger partial charge < -0.3 is 10.6 Å². The number of carbonyl (C=O) groups is 1. The number of nitro groups is 1. The Morgan fingerprint density at radius 3 is 2.74 bits per heavy atom. The summed E-state index contributed by atoms with van der Waals surface area (Å²) in [7, 11) is 0. The van der Waals surface area contributed by atoms with E-state index in [1.807, 2.05) is 6.92 Å². The third kappa shape index (κ3) is 3.94. The number of anilines is 1. The van der Waals surface area contributed by atoms with Crippen molar-refractivity contribution >= 4 is 17.3 Å². The van der Waals surface area contributed by atoms with Crippen LogP contribution in [0.2, 0.25) is 0 Å². The number of nitrogens with one attached hydrogen (secondary N) is 2. The van der Waals surface area contributed by atoms with Gasteiger partial charge in [-0.15, -0.1) is 0 Å². The first-order valence-corrected chi connectivity index (χ1v) is 6.25. The van der Waals surface area contributed by atoms with Crippen LogP contribution < -0.4 is 10.6 Å². The van der Waals surface area contributed by atoms with Gasteiger partial charge in [0.2, 0.25) is 5.91 Å². The number of nitrogens with zero attached hydrogens (tertiary/aromatic N) is 1. The Morgan fingerprint density at radius 1 is 1.47 bits per heavy atom. The number of hydrogen-bond donors (Lipinski definition) is 2. The van der Waals surface area contributed by atoms with Crippen LogP contribution in [-0.2, 0) is 4.79 Å². The zero-order valence-corrected chi connectivity index (χ0v) is 11.4. The highest BCUT2D eigenvalue weighted by atomic mass is 16.6. The van der Waals surface area contributed by atoms with Crippen molar-refractivity contribution in [3.8, 4) is 0 Å².